The van der Waals surface area contributed by atoms with Crippen LogP contribution in [0, 0.1) is 5.41 Å². The molecule has 0 bridgehead atoms. The molecule has 27 nitrogen and oxygen atoms in total. The molecule has 0 unspecified atom stereocenters. The number of hydrogen-bond donors (Lipinski definition) is 8. The van der Waals surface area contributed by atoms with Crippen LogP contribution < -0.4 is 31.3 Å². The van der Waals surface area contributed by atoms with E-state index in [0.717, 1.165) is 63.6 Å². The molecule has 8 N–H and O–H groups in total. The minimum absolute atomic E-state index is 0.0328. The number of H-pyrrole nitrogens is 1. The van der Waals surface area contributed by atoms with Gasteiger partial charge in [0.15, 0.2) is 5.82 Å². The first-order valence-electron chi connectivity index (χ1n) is 29.9. The van der Waals surface area contributed by atoms with Crippen molar-refractivity contribution in [1.82, 2.24) is 51.9 Å². The molecule has 0 aliphatic carbocycles. The molecule has 0 fully saturated rings. The molecule has 1 heterocycles. The molecule has 6 amide bonds. The summed E-state index contributed by atoms with van der Waals surface area (Å²) in [5, 5.41) is 37.0. The lowest BCUT2D eigenvalue weighted by atomic mass is 9.92. The van der Waals surface area contributed by atoms with Crippen LogP contribution in [-0.4, -0.2) is 178 Å². The van der Waals surface area contributed by atoms with Crippen LogP contribution in [0.1, 0.15) is 200 Å². The average molecular weight is 1220 g/mol. The molecule has 482 valence electrons. The van der Waals surface area contributed by atoms with E-state index >= 15 is 0 Å². The predicted octanol–water partition coefficient (Wildman–Crippen LogP) is 3.85. The van der Waals surface area contributed by atoms with Crippen LogP contribution in [0.25, 0.3) is 0 Å². The number of ketones is 1. The first-order valence-corrected chi connectivity index (χ1v) is 31.5. The molecule has 0 radical (unpaired) electrons. The third kappa shape index (κ3) is 53.0. The van der Waals surface area contributed by atoms with Gasteiger partial charge in [-0.25, -0.2) is 13.2 Å². The molecule has 2 atom stereocenters. The second-order valence-corrected chi connectivity index (χ2v) is 23.6. The SMILES string of the molecule is C[C@H](CCCCNC(=O)CC(C)(C)C)NC(=O)COCCOCCCC(=O)CC[C@H](NC(=O)CCCNC(=O)COCCOCCNC(=O)CCCS(=O)(=O)NC(=O)CCCCCCCCCCCCCCCc1nn[nH]n1)C(=O)O.O=C=O. The number of aromatic nitrogens is 4. The predicted molar refractivity (Wildman–Crippen MR) is 309 cm³/mol. The van der Waals surface area contributed by atoms with Crippen LogP contribution in [0.2, 0.25) is 0 Å². The Labute approximate surface area is 496 Å². The van der Waals surface area contributed by atoms with Gasteiger partial charge in [0, 0.05) is 77.2 Å². The number of nitrogens with one attached hydrogen (secondary N) is 7. The van der Waals surface area contributed by atoms with Crippen LogP contribution in [0.4, 0.5) is 0 Å². The lowest BCUT2D eigenvalue weighted by molar-refractivity contribution is -0.192. The Morgan fingerprint density at radius 2 is 1.08 bits per heavy atom. The zero-order valence-electron chi connectivity index (χ0n) is 50.5. The van der Waals surface area contributed by atoms with Crippen molar-refractivity contribution in [3.8, 4) is 0 Å². The summed E-state index contributed by atoms with van der Waals surface area (Å²) in [7, 11) is -3.84. The number of hydrogen-bond acceptors (Lipinski definition) is 19. The van der Waals surface area contributed by atoms with Gasteiger partial charge in [0.2, 0.25) is 45.5 Å². The van der Waals surface area contributed by atoms with E-state index in [1.807, 2.05) is 27.7 Å². The maximum absolute atomic E-state index is 12.4. The van der Waals surface area contributed by atoms with Crippen molar-refractivity contribution in [2.75, 3.05) is 78.2 Å². The third-order valence-electron chi connectivity index (χ3n) is 12.5. The van der Waals surface area contributed by atoms with Crippen molar-refractivity contribution in [1.29, 1.82) is 0 Å². The topological polar surface area (TPSA) is 389 Å². The van der Waals surface area contributed by atoms with Gasteiger partial charge in [-0.2, -0.15) is 14.8 Å². The van der Waals surface area contributed by atoms with E-state index in [4.69, 9.17) is 28.5 Å². The Bertz CT molecular complexity index is 2110. The Hall–Kier alpha value is -5.80. The van der Waals surface area contributed by atoms with E-state index in [0.29, 0.717) is 25.8 Å². The van der Waals surface area contributed by atoms with Crippen LogP contribution in [0.5, 0.6) is 0 Å². The number of ether oxygens (including phenoxy) is 4. The quantitative estimate of drug-likeness (QED) is 0.0429. The van der Waals surface area contributed by atoms with Crippen molar-refractivity contribution in [3.63, 3.8) is 0 Å². The molecule has 0 saturated carbocycles. The fourth-order valence-electron chi connectivity index (χ4n) is 8.21. The lowest BCUT2D eigenvalue weighted by Crippen LogP contribution is -2.41. The lowest BCUT2D eigenvalue weighted by Gasteiger charge is -2.17. The minimum atomic E-state index is -3.84. The van der Waals surface area contributed by atoms with E-state index in [-0.39, 0.29) is 164 Å². The molecule has 0 aliphatic heterocycles. The Morgan fingerprint density at radius 3 is 1.69 bits per heavy atom. The second-order valence-electron chi connectivity index (χ2n) is 21.8. The van der Waals surface area contributed by atoms with Gasteiger partial charge in [-0.3, -0.25) is 38.3 Å². The van der Waals surface area contributed by atoms with Crippen molar-refractivity contribution in [2.45, 2.75) is 213 Å². The zero-order valence-corrected chi connectivity index (χ0v) is 51.3. The molecule has 84 heavy (non-hydrogen) atoms. The fourth-order valence-corrected chi connectivity index (χ4v) is 9.29. The van der Waals surface area contributed by atoms with Gasteiger partial charge < -0.3 is 50.6 Å². The number of amides is 6. The van der Waals surface area contributed by atoms with E-state index < -0.39 is 39.8 Å². The number of unbranched alkanes of at least 4 members (excludes halogenated alkanes) is 13. The number of aryl methyl sites for hydroxylation is 1. The average Bonchev–Trinajstić information content (AvgIpc) is 3.95. The minimum Gasteiger partial charge on any atom is -0.480 e. The van der Waals surface area contributed by atoms with Crippen molar-refractivity contribution in [2.24, 2.45) is 5.41 Å². The summed E-state index contributed by atoms with van der Waals surface area (Å²) in [6.45, 7) is 9.63. The summed E-state index contributed by atoms with van der Waals surface area (Å²) in [6.07, 6.45) is 19.3. The van der Waals surface area contributed by atoms with Gasteiger partial charge in [0.1, 0.15) is 25.0 Å². The highest BCUT2D eigenvalue weighted by Crippen LogP contribution is 2.18. The number of carbonyl (C=O) groups excluding carboxylic acids is 9. The van der Waals surface area contributed by atoms with Crippen molar-refractivity contribution < 1.29 is 80.4 Å². The highest BCUT2D eigenvalue weighted by molar-refractivity contribution is 7.90. The normalized spacial score (nSPS) is 12.0. The summed E-state index contributed by atoms with van der Waals surface area (Å²) >= 11 is 0. The van der Waals surface area contributed by atoms with Crippen LogP contribution in [0.3, 0.4) is 0 Å². The third-order valence-corrected chi connectivity index (χ3v) is 13.9. The first-order chi connectivity index (χ1) is 40.2. The fraction of sp³-hybridized carbons (Fsp3) is 0.821. The molecule has 0 aliphatic rings. The zero-order chi connectivity index (χ0) is 62.5. The monoisotopic (exact) mass is 1220 g/mol. The molecular weight excluding hydrogens is 1120 g/mol. The van der Waals surface area contributed by atoms with Crippen LogP contribution >= 0.6 is 0 Å². The molecule has 0 saturated heterocycles. The number of aromatic amines is 1. The summed E-state index contributed by atoms with van der Waals surface area (Å²) < 4.78 is 48.3. The number of tetrazole rings is 1. The molecule has 1 rings (SSSR count). The summed E-state index contributed by atoms with van der Waals surface area (Å²) in [6, 6.07) is -1.28. The number of carboxylic acid groups (broad SMARTS) is 1. The molecule has 28 heteroatoms. The van der Waals surface area contributed by atoms with Gasteiger partial charge in [-0.1, -0.05) is 96.6 Å². The molecule has 0 spiro atoms. The van der Waals surface area contributed by atoms with Gasteiger partial charge in [0.05, 0.1) is 38.8 Å². The van der Waals surface area contributed by atoms with Crippen molar-refractivity contribution >= 4 is 63.4 Å². The number of Topliss-reactive ketones (excluding diaryl/α,β-unsaturated/α-hetero) is 1. The largest absolute Gasteiger partial charge is 0.480 e. The highest BCUT2D eigenvalue weighted by atomic mass is 32.2. The molecule has 1 aromatic heterocycles. The summed E-state index contributed by atoms with van der Waals surface area (Å²) in [5.41, 5.74) is -0.0536. The number of nitrogens with zero attached hydrogens (tertiary/aromatic N) is 3. The van der Waals surface area contributed by atoms with E-state index in [1.165, 1.54) is 44.9 Å². The standard InChI is InChI=1S/C55H100N10O15S.CO2/c1-44(23-18-19-31-56-51(70)41-55(2,3)4)59-53(72)43-80-38-36-77-34-21-24-45(66)29-30-46(54(73)74)60-49(68)27-20-32-57-52(71)42-79-39-37-78-35-33-58-48(67)28-22-40-81(75,76)63-50(69)26-17-15-13-11-9-7-5-6-8-10-12-14-16-25-47-61-64-65-62-47;2-1-3/h44,46H,5-43H2,1-4H3,(H,56,70)(H,57,71)(H,58,67)(H,59,72)(H,60,68)(H,63,69)(H,73,74)(H,61,62,64,65);/t44-,46+;/m1./s1. The van der Waals surface area contributed by atoms with E-state index in [9.17, 15) is 51.9 Å². The molecule has 1 aromatic rings. The number of carbonyl (C=O) groups is 8. The van der Waals surface area contributed by atoms with Crippen LogP contribution in [0.15, 0.2) is 0 Å². The molecular formula is C56H100N10O17S. The smallest absolute Gasteiger partial charge is 0.373 e. The van der Waals surface area contributed by atoms with Crippen molar-refractivity contribution in [3.05, 3.63) is 5.82 Å². The summed E-state index contributed by atoms with van der Waals surface area (Å²) in [5.74, 6) is -3.05. The number of sulfonamides is 1. The van der Waals surface area contributed by atoms with Gasteiger partial charge >= 0.3 is 12.1 Å². The molecule has 0 aromatic carbocycles. The Kier molecular flexibility index (Phi) is 48.0. The van der Waals surface area contributed by atoms with Crippen LogP contribution in [-0.2, 0) is 83.3 Å². The first kappa shape index (κ1) is 78.2. The highest BCUT2D eigenvalue weighted by Gasteiger charge is 2.21. The summed E-state index contributed by atoms with van der Waals surface area (Å²) in [4.78, 5) is 113. The second kappa shape index (κ2) is 51.6. The Morgan fingerprint density at radius 1 is 0.548 bits per heavy atom. The maximum Gasteiger partial charge on any atom is 0.373 e. The van der Waals surface area contributed by atoms with Gasteiger partial charge in [-0.15, -0.1) is 10.2 Å². The van der Waals surface area contributed by atoms with Gasteiger partial charge in [-0.05, 0) is 70.1 Å². The van der Waals surface area contributed by atoms with Gasteiger partial charge in [0.25, 0.3) is 0 Å². The number of aliphatic carboxylic acids is 1. The maximum atomic E-state index is 12.4. The van der Waals surface area contributed by atoms with E-state index in [2.05, 4.69) is 51.9 Å². The number of carboxylic acids is 1. The Balaban J connectivity index is 0.0000224. The van der Waals surface area contributed by atoms with E-state index in [1.54, 1.807) is 0 Å². The number of rotatable bonds is 54.